The molecule has 0 amide bonds. The van der Waals surface area contributed by atoms with E-state index in [1.807, 2.05) is 0 Å². The zero-order valence-electron chi connectivity index (χ0n) is 9.99. The summed E-state index contributed by atoms with van der Waals surface area (Å²) in [6.07, 6.45) is 0. The van der Waals surface area contributed by atoms with Crippen molar-refractivity contribution >= 4 is 0 Å². The number of nitrogens with zero attached hydrogens (tertiary/aromatic N) is 2. The molecule has 5 heteroatoms. The monoisotopic (exact) mass is 217 g/mol. The third-order valence-corrected chi connectivity index (χ3v) is 2.52. The van der Waals surface area contributed by atoms with Gasteiger partial charge < -0.3 is 22.1 Å². The van der Waals surface area contributed by atoms with Gasteiger partial charge in [-0.1, -0.05) is 6.92 Å². The molecule has 0 bridgehead atoms. The van der Waals surface area contributed by atoms with E-state index in [2.05, 4.69) is 16.7 Å². The molecule has 0 saturated carbocycles. The molecule has 0 heterocycles. The van der Waals surface area contributed by atoms with E-state index in [4.69, 9.17) is 17.2 Å². The van der Waals surface area contributed by atoms with Gasteiger partial charge in [0.25, 0.3) is 0 Å². The molecule has 5 nitrogen and oxygen atoms in total. The van der Waals surface area contributed by atoms with E-state index in [-0.39, 0.29) is 0 Å². The maximum Gasteiger partial charge on any atom is 0.0110 e. The Morgan fingerprint density at radius 2 is 1.07 bits per heavy atom. The minimum atomic E-state index is 0.697. The van der Waals surface area contributed by atoms with E-state index < -0.39 is 0 Å². The van der Waals surface area contributed by atoms with E-state index in [1.165, 1.54) is 0 Å². The lowest BCUT2D eigenvalue weighted by atomic mass is 10.4. The van der Waals surface area contributed by atoms with Crippen molar-refractivity contribution in [1.82, 2.24) is 9.80 Å². The Hall–Kier alpha value is -0.200. The molecule has 0 rings (SSSR count). The third kappa shape index (κ3) is 7.70. The van der Waals surface area contributed by atoms with Gasteiger partial charge in [0.05, 0.1) is 0 Å². The van der Waals surface area contributed by atoms with Crippen LogP contribution in [0.15, 0.2) is 0 Å². The van der Waals surface area contributed by atoms with Crippen LogP contribution in [0.25, 0.3) is 0 Å². The van der Waals surface area contributed by atoms with Crippen LogP contribution in [0.5, 0.6) is 0 Å². The second kappa shape index (κ2) is 10.3. The molecule has 15 heavy (non-hydrogen) atoms. The van der Waals surface area contributed by atoms with Gasteiger partial charge in [0, 0.05) is 52.4 Å². The van der Waals surface area contributed by atoms with E-state index in [0.29, 0.717) is 13.1 Å². The Morgan fingerprint density at radius 3 is 1.47 bits per heavy atom. The highest BCUT2D eigenvalue weighted by atomic mass is 15.2. The highest BCUT2D eigenvalue weighted by Gasteiger charge is 2.05. The quantitative estimate of drug-likeness (QED) is 0.414. The van der Waals surface area contributed by atoms with Gasteiger partial charge >= 0.3 is 0 Å². The minimum absolute atomic E-state index is 0.697. The average Bonchev–Trinajstić information content (AvgIpc) is 2.24. The Bertz CT molecular complexity index is 125. The van der Waals surface area contributed by atoms with Crippen molar-refractivity contribution in [1.29, 1.82) is 0 Å². The molecule has 0 fully saturated rings. The topological polar surface area (TPSA) is 84.5 Å². The van der Waals surface area contributed by atoms with Gasteiger partial charge in [0.15, 0.2) is 0 Å². The predicted octanol–water partition coefficient (Wildman–Crippen LogP) is -1.51. The molecule has 0 aliphatic rings. The van der Waals surface area contributed by atoms with Crippen molar-refractivity contribution in [2.24, 2.45) is 17.2 Å². The second-order valence-corrected chi connectivity index (χ2v) is 3.64. The van der Waals surface area contributed by atoms with Gasteiger partial charge in [-0.3, -0.25) is 4.90 Å². The summed E-state index contributed by atoms with van der Waals surface area (Å²) in [7, 11) is 0. The van der Waals surface area contributed by atoms with Crippen LogP contribution in [0.4, 0.5) is 0 Å². The number of rotatable bonds is 10. The Balaban J connectivity index is 3.73. The number of hydrogen-bond acceptors (Lipinski definition) is 5. The van der Waals surface area contributed by atoms with E-state index >= 15 is 0 Å². The molecule has 6 N–H and O–H groups in total. The number of likely N-dealkylation sites (N-methyl/N-ethyl adjacent to an activating group) is 1. The Kier molecular flexibility index (Phi) is 10.2. The first-order valence-corrected chi connectivity index (χ1v) is 5.83. The first-order valence-electron chi connectivity index (χ1n) is 5.83. The molecule has 0 unspecified atom stereocenters. The van der Waals surface area contributed by atoms with Crippen molar-refractivity contribution in [3.63, 3.8) is 0 Å². The smallest absolute Gasteiger partial charge is 0.0110 e. The fourth-order valence-electron chi connectivity index (χ4n) is 1.59. The molecule has 0 aromatic rings. The lowest BCUT2D eigenvalue weighted by Gasteiger charge is -2.25. The molecule has 0 aliphatic carbocycles. The Labute approximate surface area is 93.6 Å². The summed E-state index contributed by atoms with van der Waals surface area (Å²) in [5.41, 5.74) is 16.6. The summed E-state index contributed by atoms with van der Waals surface area (Å²) in [6, 6.07) is 0. The van der Waals surface area contributed by atoms with Crippen LogP contribution in [-0.2, 0) is 0 Å². The zero-order valence-corrected chi connectivity index (χ0v) is 9.99. The molecule has 92 valence electrons. The highest BCUT2D eigenvalue weighted by molar-refractivity contribution is 4.63. The molecule has 0 aromatic heterocycles. The second-order valence-electron chi connectivity index (χ2n) is 3.64. The summed E-state index contributed by atoms with van der Waals surface area (Å²) in [5.74, 6) is 0. The minimum Gasteiger partial charge on any atom is -0.329 e. The maximum atomic E-state index is 5.54. The van der Waals surface area contributed by atoms with Gasteiger partial charge in [0.2, 0.25) is 0 Å². The summed E-state index contributed by atoms with van der Waals surface area (Å²) < 4.78 is 0. The fraction of sp³-hybridized carbons (Fsp3) is 1.00. The highest BCUT2D eigenvalue weighted by Crippen LogP contribution is 1.91. The molecule has 0 saturated heterocycles. The predicted molar refractivity (Wildman–Crippen MR) is 65.7 cm³/mol. The molecule has 0 aromatic carbocycles. The summed E-state index contributed by atoms with van der Waals surface area (Å²) in [4.78, 5) is 4.65. The van der Waals surface area contributed by atoms with Gasteiger partial charge in [-0.05, 0) is 6.54 Å². The summed E-state index contributed by atoms with van der Waals surface area (Å²) in [5, 5.41) is 0. The van der Waals surface area contributed by atoms with Gasteiger partial charge in [-0.2, -0.15) is 0 Å². The first kappa shape index (κ1) is 14.8. The maximum absolute atomic E-state index is 5.54. The molecule has 0 radical (unpaired) electrons. The van der Waals surface area contributed by atoms with Crippen LogP contribution in [0.1, 0.15) is 6.92 Å². The van der Waals surface area contributed by atoms with Crippen molar-refractivity contribution in [2.45, 2.75) is 6.92 Å². The molecule has 0 spiro atoms. The lowest BCUT2D eigenvalue weighted by Crippen LogP contribution is -2.41. The average molecular weight is 217 g/mol. The van der Waals surface area contributed by atoms with E-state index in [1.54, 1.807) is 0 Å². The normalized spacial score (nSPS) is 11.6. The third-order valence-electron chi connectivity index (χ3n) is 2.52. The van der Waals surface area contributed by atoms with Crippen LogP contribution >= 0.6 is 0 Å². The largest absolute Gasteiger partial charge is 0.329 e. The van der Waals surface area contributed by atoms with E-state index in [0.717, 1.165) is 45.8 Å². The SMILES string of the molecule is CCN(CCN)CCN(CCN)CCN. The summed E-state index contributed by atoms with van der Waals surface area (Å²) in [6.45, 7) is 10.2. The van der Waals surface area contributed by atoms with Crippen LogP contribution in [0, 0.1) is 0 Å². The molecule has 0 aliphatic heterocycles. The standard InChI is InChI=1S/C10H27N5/c1-2-14(6-3-11)9-10-15(7-4-12)8-5-13/h2-13H2,1H3. The lowest BCUT2D eigenvalue weighted by molar-refractivity contribution is 0.218. The van der Waals surface area contributed by atoms with Crippen LogP contribution in [0.2, 0.25) is 0 Å². The van der Waals surface area contributed by atoms with Crippen LogP contribution < -0.4 is 17.2 Å². The van der Waals surface area contributed by atoms with Crippen LogP contribution in [-0.4, -0.2) is 68.7 Å². The van der Waals surface area contributed by atoms with Crippen molar-refractivity contribution in [2.75, 3.05) is 58.9 Å². The van der Waals surface area contributed by atoms with Gasteiger partial charge in [-0.25, -0.2) is 0 Å². The zero-order chi connectivity index (χ0) is 11.5. The first-order chi connectivity index (χ1) is 7.28. The van der Waals surface area contributed by atoms with E-state index in [9.17, 15) is 0 Å². The van der Waals surface area contributed by atoms with Crippen molar-refractivity contribution in [3.05, 3.63) is 0 Å². The van der Waals surface area contributed by atoms with Gasteiger partial charge in [-0.15, -0.1) is 0 Å². The van der Waals surface area contributed by atoms with Crippen molar-refractivity contribution in [3.8, 4) is 0 Å². The van der Waals surface area contributed by atoms with Gasteiger partial charge in [0.1, 0.15) is 0 Å². The molecular weight excluding hydrogens is 190 g/mol. The number of hydrogen-bond donors (Lipinski definition) is 3. The number of nitrogens with two attached hydrogens (primary N) is 3. The van der Waals surface area contributed by atoms with Crippen molar-refractivity contribution < 1.29 is 0 Å². The molecule has 0 atom stereocenters. The summed E-state index contributed by atoms with van der Waals surface area (Å²) >= 11 is 0. The fourth-order valence-corrected chi connectivity index (χ4v) is 1.59. The molecular formula is C10H27N5. The Morgan fingerprint density at radius 1 is 0.667 bits per heavy atom. The van der Waals surface area contributed by atoms with Crippen LogP contribution in [0.3, 0.4) is 0 Å².